The Morgan fingerprint density at radius 3 is 1.41 bits per heavy atom. The molecule has 0 spiro atoms. The highest BCUT2D eigenvalue weighted by Crippen LogP contribution is 2.54. The van der Waals surface area contributed by atoms with Crippen LogP contribution >= 0.6 is 30.8 Å². The summed E-state index contributed by atoms with van der Waals surface area (Å²) in [6.07, 6.45) is 17.7. The summed E-state index contributed by atoms with van der Waals surface area (Å²) in [7, 11) is -1.58. The van der Waals surface area contributed by atoms with Gasteiger partial charge in [-0.2, -0.15) is 0 Å². The van der Waals surface area contributed by atoms with Crippen LogP contribution in [0.5, 0.6) is 0 Å². The summed E-state index contributed by atoms with van der Waals surface area (Å²) in [5.74, 6) is 0. The molecule has 27 heavy (non-hydrogen) atoms. The lowest BCUT2D eigenvalue weighted by molar-refractivity contribution is -0.114. The summed E-state index contributed by atoms with van der Waals surface area (Å²) in [5, 5.41) is 0. The molecule has 4 nitrogen and oxygen atoms in total. The van der Waals surface area contributed by atoms with Crippen LogP contribution in [0.4, 0.5) is 0 Å². The van der Waals surface area contributed by atoms with Gasteiger partial charge < -0.3 is 9.05 Å². The largest absolute Gasteiger partial charge is 0.399 e. The van der Waals surface area contributed by atoms with E-state index in [1.54, 1.807) is 0 Å². The van der Waals surface area contributed by atoms with E-state index in [4.69, 9.17) is 23.2 Å². The number of carbonyl (C=O) groups excluding carboxylic acids is 1. The van der Waals surface area contributed by atoms with Gasteiger partial charge >= 0.3 is 7.60 Å². The van der Waals surface area contributed by atoms with E-state index >= 15 is 0 Å². The van der Waals surface area contributed by atoms with Crippen LogP contribution in [0.1, 0.15) is 103 Å². The SMILES string of the molecule is CCCCCCCCCCCCCCCCC(Cl)(Cl)C(=O)P(=O)(OC)OC. The summed E-state index contributed by atoms with van der Waals surface area (Å²) in [5.41, 5.74) is -0.877. The minimum atomic E-state index is -3.88. The van der Waals surface area contributed by atoms with Crippen LogP contribution in [-0.4, -0.2) is 24.1 Å². The van der Waals surface area contributed by atoms with Gasteiger partial charge in [0.1, 0.15) is 0 Å². The summed E-state index contributed by atoms with van der Waals surface area (Å²) in [6, 6.07) is 0. The second-order valence-corrected chi connectivity index (χ2v) is 10.8. The number of hydrogen-bond acceptors (Lipinski definition) is 4. The van der Waals surface area contributed by atoms with Crippen LogP contribution in [-0.2, 0) is 18.4 Å². The molecule has 0 amide bonds. The third-order valence-corrected chi connectivity index (χ3v) is 7.71. The van der Waals surface area contributed by atoms with Gasteiger partial charge in [0.05, 0.1) is 0 Å². The van der Waals surface area contributed by atoms with Crippen LogP contribution in [0.2, 0.25) is 0 Å². The number of hydrogen-bond donors (Lipinski definition) is 0. The number of halogens is 2. The Bertz CT molecular complexity index is 422. The zero-order chi connectivity index (χ0) is 20.6. The zero-order valence-electron chi connectivity index (χ0n) is 17.4. The van der Waals surface area contributed by atoms with Gasteiger partial charge in [-0.3, -0.25) is 9.36 Å². The monoisotopic (exact) mass is 444 g/mol. The minimum absolute atomic E-state index is 0.254. The molecule has 0 aliphatic heterocycles. The van der Waals surface area contributed by atoms with E-state index in [1.165, 1.54) is 70.6 Å². The summed E-state index contributed by atoms with van der Waals surface area (Å²) in [4.78, 5) is 12.1. The maximum atomic E-state index is 12.1. The van der Waals surface area contributed by atoms with Crippen molar-refractivity contribution < 1.29 is 18.4 Å². The van der Waals surface area contributed by atoms with Crippen LogP contribution in [0, 0.1) is 0 Å². The van der Waals surface area contributed by atoms with Gasteiger partial charge in [0.15, 0.2) is 4.33 Å². The Morgan fingerprint density at radius 1 is 0.741 bits per heavy atom. The van der Waals surface area contributed by atoms with E-state index in [1.807, 2.05) is 0 Å². The highest BCUT2D eigenvalue weighted by atomic mass is 35.5. The van der Waals surface area contributed by atoms with Gasteiger partial charge in [0.25, 0.3) is 5.52 Å². The normalized spacial score (nSPS) is 12.5. The lowest BCUT2D eigenvalue weighted by atomic mass is 10.0. The second kappa shape index (κ2) is 16.2. The van der Waals surface area contributed by atoms with Crippen molar-refractivity contribution in [3.05, 3.63) is 0 Å². The van der Waals surface area contributed by atoms with Crippen LogP contribution in [0.25, 0.3) is 0 Å². The number of alkyl halides is 2. The van der Waals surface area contributed by atoms with E-state index in [9.17, 15) is 9.36 Å². The van der Waals surface area contributed by atoms with E-state index < -0.39 is 17.5 Å². The molecule has 0 aromatic rings. The van der Waals surface area contributed by atoms with Crippen molar-refractivity contribution in [3.63, 3.8) is 0 Å². The average Bonchev–Trinajstić information content (AvgIpc) is 2.67. The Labute approximate surface area is 176 Å². The van der Waals surface area contributed by atoms with E-state index in [0.29, 0.717) is 6.42 Å². The first-order chi connectivity index (χ1) is 12.8. The molecule has 0 bridgehead atoms. The van der Waals surface area contributed by atoms with Crippen molar-refractivity contribution >= 4 is 36.3 Å². The van der Waals surface area contributed by atoms with E-state index in [0.717, 1.165) is 27.1 Å². The van der Waals surface area contributed by atoms with Gasteiger partial charge in [0, 0.05) is 14.2 Å². The topological polar surface area (TPSA) is 52.6 Å². The lowest BCUT2D eigenvalue weighted by Gasteiger charge is -2.21. The first kappa shape index (κ1) is 27.4. The Balaban J connectivity index is 3.63. The maximum Gasteiger partial charge on any atom is 0.399 e. The Morgan fingerprint density at radius 2 is 1.07 bits per heavy atom. The fourth-order valence-electron chi connectivity index (χ4n) is 3.09. The Hall–Kier alpha value is 0.400. The van der Waals surface area contributed by atoms with Gasteiger partial charge in [-0.15, -0.1) is 0 Å². The molecule has 0 unspecified atom stereocenters. The van der Waals surface area contributed by atoms with Crippen LogP contribution < -0.4 is 0 Å². The molecule has 7 heteroatoms. The molecule has 0 saturated carbocycles. The molecule has 0 saturated heterocycles. The van der Waals surface area contributed by atoms with Gasteiger partial charge in [-0.05, 0) is 12.8 Å². The van der Waals surface area contributed by atoms with Crippen molar-refractivity contribution in [3.8, 4) is 0 Å². The predicted molar refractivity (Wildman–Crippen MR) is 116 cm³/mol. The van der Waals surface area contributed by atoms with Crippen LogP contribution in [0.3, 0.4) is 0 Å². The highest BCUT2D eigenvalue weighted by Gasteiger charge is 2.47. The van der Waals surface area contributed by atoms with E-state index in [-0.39, 0.29) is 6.42 Å². The maximum absolute atomic E-state index is 12.1. The molecule has 0 fully saturated rings. The Kier molecular flexibility index (Phi) is 16.5. The molecule has 0 aromatic heterocycles. The standard InChI is InChI=1S/C20H39Cl2O4P/c1-4-5-6-7-8-9-10-11-12-13-14-15-16-17-18-20(21,22)19(23)27(24,25-2)26-3/h4-18H2,1-3H3. The van der Waals surface area contributed by atoms with Crippen molar-refractivity contribution in [2.75, 3.05) is 14.2 Å². The number of carbonyl (C=O) groups is 1. The molecule has 0 aliphatic rings. The highest BCUT2D eigenvalue weighted by molar-refractivity contribution is 7.72. The van der Waals surface area contributed by atoms with E-state index in [2.05, 4.69) is 16.0 Å². The third-order valence-electron chi connectivity index (χ3n) is 4.89. The van der Waals surface area contributed by atoms with Crippen molar-refractivity contribution in [2.24, 2.45) is 0 Å². The number of rotatable bonds is 19. The number of unbranched alkanes of at least 4 members (excludes halogenated alkanes) is 13. The lowest BCUT2D eigenvalue weighted by Crippen LogP contribution is -2.27. The van der Waals surface area contributed by atoms with Crippen molar-refractivity contribution in [2.45, 2.75) is 108 Å². The third kappa shape index (κ3) is 12.5. The quantitative estimate of drug-likeness (QED) is 0.115. The summed E-state index contributed by atoms with van der Waals surface area (Å²) in [6.45, 7) is 2.25. The minimum Gasteiger partial charge on any atom is -0.306 e. The predicted octanol–water partition coefficient (Wildman–Crippen LogP) is 8.04. The second-order valence-electron chi connectivity index (χ2n) is 7.22. The molecular weight excluding hydrogens is 406 g/mol. The molecule has 0 aliphatic carbocycles. The average molecular weight is 445 g/mol. The first-order valence-electron chi connectivity index (χ1n) is 10.5. The molecular formula is C20H39Cl2O4P. The van der Waals surface area contributed by atoms with Gasteiger partial charge in [0.2, 0.25) is 0 Å². The molecule has 0 heterocycles. The first-order valence-corrected chi connectivity index (χ1v) is 12.8. The molecule has 162 valence electrons. The summed E-state index contributed by atoms with van der Waals surface area (Å²) < 4.78 is 19.7. The molecule has 0 N–H and O–H groups in total. The molecule has 0 rings (SSSR count). The molecule has 0 atom stereocenters. The van der Waals surface area contributed by atoms with Gasteiger partial charge in [-0.25, -0.2) is 0 Å². The zero-order valence-corrected chi connectivity index (χ0v) is 19.8. The van der Waals surface area contributed by atoms with Gasteiger partial charge in [-0.1, -0.05) is 114 Å². The summed E-state index contributed by atoms with van der Waals surface area (Å²) >= 11 is 12.1. The fourth-order valence-corrected chi connectivity index (χ4v) is 4.97. The van der Waals surface area contributed by atoms with Crippen LogP contribution in [0.15, 0.2) is 0 Å². The molecule has 0 aromatic carbocycles. The smallest absolute Gasteiger partial charge is 0.306 e. The molecule has 0 radical (unpaired) electrons. The fraction of sp³-hybridized carbons (Fsp3) is 0.950. The van der Waals surface area contributed by atoms with Crippen molar-refractivity contribution in [1.82, 2.24) is 0 Å². The van der Waals surface area contributed by atoms with Crippen molar-refractivity contribution in [1.29, 1.82) is 0 Å².